The standard InChI is InChI=1S/C14H22F3N3S/c1-13(2,20-7-5-3-4-6-8-20)11(18)10-9-19-12(21-10)14(15,16)17/h9,11H,3-8,18H2,1-2H3. The summed E-state index contributed by atoms with van der Waals surface area (Å²) in [5.74, 6) is 0. The van der Waals surface area contributed by atoms with E-state index >= 15 is 0 Å². The highest BCUT2D eigenvalue weighted by molar-refractivity contribution is 7.11. The minimum absolute atomic E-state index is 0.375. The first-order valence-corrected chi connectivity index (χ1v) is 8.08. The Kier molecular flexibility index (Phi) is 4.95. The molecule has 2 N–H and O–H groups in total. The van der Waals surface area contributed by atoms with Gasteiger partial charge in [0.25, 0.3) is 0 Å². The number of rotatable bonds is 3. The molecule has 1 saturated heterocycles. The van der Waals surface area contributed by atoms with E-state index in [0.717, 1.165) is 25.9 Å². The molecule has 1 aromatic rings. The van der Waals surface area contributed by atoms with E-state index in [9.17, 15) is 13.2 Å². The summed E-state index contributed by atoms with van der Waals surface area (Å²) in [4.78, 5) is 6.28. The summed E-state index contributed by atoms with van der Waals surface area (Å²) in [5, 5.41) is -0.820. The zero-order valence-corrected chi connectivity index (χ0v) is 13.2. The van der Waals surface area contributed by atoms with Crippen LogP contribution in [-0.2, 0) is 6.18 Å². The van der Waals surface area contributed by atoms with Crippen LogP contribution in [0.2, 0.25) is 0 Å². The predicted molar refractivity (Wildman–Crippen MR) is 78.2 cm³/mol. The number of hydrogen-bond acceptors (Lipinski definition) is 4. The lowest BCUT2D eigenvalue weighted by Gasteiger charge is -2.42. The maximum atomic E-state index is 12.7. The van der Waals surface area contributed by atoms with Gasteiger partial charge in [0.05, 0.1) is 6.04 Å². The van der Waals surface area contributed by atoms with Crippen LogP contribution in [0.1, 0.15) is 55.5 Å². The highest BCUT2D eigenvalue weighted by Crippen LogP contribution is 2.38. The van der Waals surface area contributed by atoms with Crippen LogP contribution in [0.4, 0.5) is 13.2 Å². The molecule has 0 amide bonds. The number of aromatic nitrogens is 1. The Balaban J connectivity index is 2.16. The van der Waals surface area contributed by atoms with Crippen LogP contribution in [0.15, 0.2) is 6.20 Å². The van der Waals surface area contributed by atoms with E-state index in [2.05, 4.69) is 9.88 Å². The molecule has 3 nitrogen and oxygen atoms in total. The molecular weight excluding hydrogens is 299 g/mol. The van der Waals surface area contributed by atoms with Crippen molar-refractivity contribution in [2.45, 2.75) is 57.3 Å². The molecule has 0 radical (unpaired) electrons. The normalized spacial score (nSPS) is 20.3. The number of nitrogens with zero attached hydrogens (tertiary/aromatic N) is 2. The molecule has 1 aliphatic rings. The van der Waals surface area contributed by atoms with Crippen LogP contribution >= 0.6 is 11.3 Å². The first kappa shape index (κ1) is 16.7. The van der Waals surface area contributed by atoms with Gasteiger partial charge in [-0.15, -0.1) is 11.3 Å². The second-order valence-electron chi connectivity index (χ2n) is 6.10. The molecule has 0 bridgehead atoms. The maximum Gasteiger partial charge on any atom is 0.443 e. The summed E-state index contributed by atoms with van der Waals surface area (Å²) < 4.78 is 38.0. The molecule has 120 valence electrons. The Morgan fingerprint density at radius 3 is 2.24 bits per heavy atom. The fraction of sp³-hybridized carbons (Fsp3) is 0.786. The number of likely N-dealkylation sites (tertiary alicyclic amines) is 1. The minimum atomic E-state index is -4.39. The molecule has 0 saturated carbocycles. The van der Waals surface area contributed by atoms with E-state index in [1.54, 1.807) is 0 Å². The van der Waals surface area contributed by atoms with Crippen molar-refractivity contribution in [1.29, 1.82) is 0 Å². The molecule has 0 spiro atoms. The van der Waals surface area contributed by atoms with Crippen molar-refractivity contribution in [3.8, 4) is 0 Å². The van der Waals surface area contributed by atoms with Gasteiger partial charge >= 0.3 is 6.18 Å². The third-order valence-corrected chi connectivity index (χ3v) is 5.38. The maximum absolute atomic E-state index is 12.7. The highest BCUT2D eigenvalue weighted by atomic mass is 32.1. The van der Waals surface area contributed by atoms with Gasteiger partial charge < -0.3 is 5.73 Å². The lowest BCUT2D eigenvalue weighted by Crippen LogP contribution is -2.51. The van der Waals surface area contributed by atoms with E-state index < -0.39 is 17.2 Å². The second-order valence-corrected chi connectivity index (χ2v) is 7.16. The van der Waals surface area contributed by atoms with Gasteiger partial charge in [0.2, 0.25) is 0 Å². The van der Waals surface area contributed by atoms with Crippen LogP contribution in [-0.4, -0.2) is 28.5 Å². The zero-order chi connectivity index (χ0) is 15.7. The van der Waals surface area contributed by atoms with Crippen molar-refractivity contribution in [3.63, 3.8) is 0 Å². The third-order valence-electron chi connectivity index (χ3n) is 4.25. The van der Waals surface area contributed by atoms with Gasteiger partial charge in [-0.3, -0.25) is 4.90 Å². The number of alkyl halides is 3. The first-order chi connectivity index (χ1) is 9.73. The van der Waals surface area contributed by atoms with E-state index in [1.165, 1.54) is 19.0 Å². The average molecular weight is 321 g/mol. The third kappa shape index (κ3) is 3.76. The molecule has 2 heterocycles. The van der Waals surface area contributed by atoms with E-state index in [0.29, 0.717) is 16.2 Å². The van der Waals surface area contributed by atoms with Crippen LogP contribution in [0.25, 0.3) is 0 Å². The largest absolute Gasteiger partial charge is 0.443 e. The van der Waals surface area contributed by atoms with Crippen molar-refractivity contribution < 1.29 is 13.2 Å². The second kappa shape index (κ2) is 6.22. The molecule has 1 atom stereocenters. The SMILES string of the molecule is CC(C)(C(N)c1cnc(C(F)(F)F)s1)N1CCCCCC1. The summed E-state index contributed by atoms with van der Waals surface area (Å²) in [5.41, 5.74) is 5.90. The van der Waals surface area contributed by atoms with Crippen LogP contribution < -0.4 is 5.73 Å². The Labute approximate surface area is 127 Å². The van der Waals surface area contributed by atoms with Gasteiger partial charge in [-0.2, -0.15) is 13.2 Å². The number of thiazole rings is 1. The van der Waals surface area contributed by atoms with Crippen molar-refractivity contribution in [3.05, 3.63) is 16.1 Å². The highest BCUT2D eigenvalue weighted by Gasteiger charge is 2.39. The van der Waals surface area contributed by atoms with E-state index in [4.69, 9.17) is 5.73 Å². The van der Waals surface area contributed by atoms with E-state index in [-0.39, 0.29) is 5.54 Å². The molecule has 1 aliphatic heterocycles. The summed E-state index contributed by atoms with van der Waals surface area (Å²) in [6, 6.07) is -0.468. The summed E-state index contributed by atoms with van der Waals surface area (Å²) in [6.07, 6.45) is 1.54. The van der Waals surface area contributed by atoms with Gasteiger partial charge in [0.15, 0.2) is 5.01 Å². The minimum Gasteiger partial charge on any atom is -0.322 e. The van der Waals surface area contributed by atoms with Crippen LogP contribution in [0, 0.1) is 0 Å². The van der Waals surface area contributed by atoms with Gasteiger partial charge in [-0.1, -0.05) is 12.8 Å². The molecule has 7 heteroatoms. The van der Waals surface area contributed by atoms with Gasteiger partial charge in [-0.05, 0) is 39.8 Å². The molecule has 21 heavy (non-hydrogen) atoms. The quantitative estimate of drug-likeness (QED) is 0.920. The number of nitrogens with two attached hydrogens (primary N) is 1. The summed E-state index contributed by atoms with van der Waals surface area (Å²) >= 11 is 0.656. The Morgan fingerprint density at radius 1 is 1.19 bits per heavy atom. The monoisotopic (exact) mass is 321 g/mol. The van der Waals surface area contributed by atoms with Crippen LogP contribution in [0.5, 0.6) is 0 Å². The lowest BCUT2D eigenvalue weighted by atomic mass is 9.91. The molecular formula is C14H22F3N3S. The van der Waals surface area contributed by atoms with Crippen molar-refractivity contribution in [1.82, 2.24) is 9.88 Å². The van der Waals surface area contributed by atoms with Crippen LogP contribution in [0.3, 0.4) is 0 Å². The Hall–Kier alpha value is -0.660. The molecule has 2 rings (SSSR count). The molecule has 1 unspecified atom stereocenters. The van der Waals surface area contributed by atoms with Crippen molar-refractivity contribution in [2.75, 3.05) is 13.1 Å². The van der Waals surface area contributed by atoms with Crippen molar-refractivity contribution >= 4 is 11.3 Å². The van der Waals surface area contributed by atoms with Gasteiger partial charge in [-0.25, -0.2) is 4.98 Å². The topological polar surface area (TPSA) is 42.1 Å². The van der Waals surface area contributed by atoms with Gasteiger partial charge in [0, 0.05) is 16.6 Å². The van der Waals surface area contributed by atoms with Crippen molar-refractivity contribution in [2.24, 2.45) is 5.73 Å². The molecule has 1 aromatic heterocycles. The summed E-state index contributed by atoms with van der Waals surface area (Å²) in [7, 11) is 0. The van der Waals surface area contributed by atoms with Gasteiger partial charge in [0.1, 0.15) is 0 Å². The average Bonchev–Trinajstić information content (AvgIpc) is 2.73. The lowest BCUT2D eigenvalue weighted by molar-refractivity contribution is -0.137. The Morgan fingerprint density at radius 2 is 1.76 bits per heavy atom. The number of hydrogen-bond donors (Lipinski definition) is 1. The summed E-state index contributed by atoms with van der Waals surface area (Å²) in [6.45, 7) is 5.92. The van der Waals surface area contributed by atoms with E-state index in [1.807, 2.05) is 13.8 Å². The predicted octanol–water partition coefficient (Wildman–Crippen LogP) is 3.82. The molecule has 0 aliphatic carbocycles. The Bertz CT molecular complexity index is 462. The number of halogens is 3. The fourth-order valence-corrected chi connectivity index (χ4v) is 3.72. The molecule has 0 aromatic carbocycles. The zero-order valence-electron chi connectivity index (χ0n) is 12.4. The smallest absolute Gasteiger partial charge is 0.322 e. The molecule has 1 fully saturated rings. The first-order valence-electron chi connectivity index (χ1n) is 7.26. The fourth-order valence-electron chi connectivity index (χ4n) is 2.75.